The van der Waals surface area contributed by atoms with Crippen LogP contribution in [0.5, 0.6) is 0 Å². The number of carbonyl (C=O) groups is 1. The molecule has 3 aromatic rings. The van der Waals surface area contributed by atoms with Crippen molar-refractivity contribution in [1.29, 1.82) is 0 Å². The maximum absolute atomic E-state index is 14.1. The van der Waals surface area contributed by atoms with Crippen LogP contribution in [0.4, 0.5) is 20.2 Å². The van der Waals surface area contributed by atoms with Crippen LogP contribution in [0.15, 0.2) is 67.0 Å². The van der Waals surface area contributed by atoms with E-state index >= 15 is 0 Å². The SMILES string of the molecule is O=C1c2ccccc2C(Nc2cc(F)ccc2F)N1c1cccnc1. The van der Waals surface area contributed by atoms with Gasteiger partial charge in [-0.25, -0.2) is 8.78 Å². The summed E-state index contributed by atoms with van der Waals surface area (Å²) in [5.74, 6) is -1.38. The molecule has 1 aromatic heterocycles. The zero-order valence-corrected chi connectivity index (χ0v) is 13.0. The highest BCUT2D eigenvalue weighted by Gasteiger charge is 2.38. The fourth-order valence-electron chi connectivity index (χ4n) is 2.98. The number of fused-ring (bicyclic) bond motifs is 1. The molecule has 6 heteroatoms. The van der Waals surface area contributed by atoms with Crippen LogP contribution in [0.3, 0.4) is 0 Å². The van der Waals surface area contributed by atoms with Crippen LogP contribution in [0.2, 0.25) is 0 Å². The molecule has 2 aromatic carbocycles. The number of rotatable bonds is 3. The van der Waals surface area contributed by atoms with Gasteiger partial charge in [-0.15, -0.1) is 0 Å². The molecule has 0 aliphatic carbocycles. The van der Waals surface area contributed by atoms with Crippen molar-refractivity contribution in [1.82, 2.24) is 4.98 Å². The van der Waals surface area contributed by atoms with Gasteiger partial charge in [-0.2, -0.15) is 0 Å². The van der Waals surface area contributed by atoms with E-state index in [9.17, 15) is 13.6 Å². The number of halogens is 2. The molecule has 0 radical (unpaired) electrons. The Labute approximate surface area is 142 Å². The van der Waals surface area contributed by atoms with Gasteiger partial charge in [0.2, 0.25) is 0 Å². The summed E-state index contributed by atoms with van der Waals surface area (Å²) < 4.78 is 27.6. The van der Waals surface area contributed by atoms with Crippen LogP contribution in [-0.2, 0) is 0 Å². The topological polar surface area (TPSA) is 45.2 Å². The maximum atomic E-state index is 14.1. The van der Waals surface area contributed by atoms with E-state index < -0.39 is 17.8 Å². The van der Waals surface area contributed by atoms with Gasteiger partial charge in [0.15, 0.2) is 0 Å². The Morgan fingerprint density at radius 1 is 1.04 bits per heavy atom. The van der Waals surface area contributed by atoms with Crippen molar-refractivity contribution < 1.29 is 13.6 Å². The number of aromatic nitrogens is 1. The summed E-state index contributed by atoms with van der Waals surface area (Å²) in [6.07, 6.45) is 2.50. The van der Waals surface area contributed by atoms with Gasteiger partial charge < -0.3 is 5.32 Å². The van der Waals surface area contributed by atoms with Crippen molar-refractivity contribution in [2.24, 2.45) is 0 Å². The molecule has 1 aliphatic heterocycles. The van der Waals surface area contributed by atoms with Crippen LogP contribution in [0.25, 0.3) is 0 Å². The number of hydrogen-bond donors (Lipinski definition) is 1. The molecule has 25 heavy (non-hydrogen) atoms. The van der Waals surface area contributed by atoms with Gasteiger partial charge in [0, 0.05) is 23.4 Å². The second kappa shape index (κ2) is 5.98. The van der Waals surface area contributed by atoms with Gasteiger partial charge in [0.25, 0.3) is 5.91 Å². The minimum absolute atomic E-state index is 0.0107. The second-order valence-corrected chi connectivity index (χ2v) is 5.64. The van der Waals surface area contributed by atoms with Gasteiger partial charge in [-0.3, -0.25) is 14.7 Å². The normalized spacial score (nSPS) is 16.0. The fraction of sp³-hybridized carbons (Fsp3) is 0.0526. The number of pyridine rings is 1. The van der Waals surface area contributed by atoms with E-state index in [1.807, 2.05) is 0 Å². The smallest absolute Gasteiger partial charge is 0.260 e. The summed E-state index contributed by atoms with van der Waals surface area (Å²) in [4.78, 5) is 18.4. The molecule has 4 rings (SSSR count). The number of amides is 1. The molecule has 1 atom stereocenters. The zero-order valence-electron chi connectivity index (χ0n) is 13.0. The zero-order chi connectivity index (χ0) is 17.4. The summed E-state index contributed by atoms with van der Waals surface area (Å²) in [6.45, 7) is 0. The number of nitrogens with zero attached hydrogens (tertiary/aromatic N) is 2. The first-order chi connectivity index (χ1) is 12.1. The van der Waals surface area contributed by atoms with Gasteiger partial charge in [0.1, 0.15) is 17.8 Å². The molecule has 0 saturated carbocycles. The van der Waals surface area contributed by atoms with Crippen molar-refractivity contribution in [3.8, 4) is 0 Å². The highest BCUT2D eigenvalue weighted by molar-refractivity contribution is 6.11. The standard InChI is InChI=1S/C19H13F2N3O/c20-12-7-8-16(21)17(10-12)23-18-14-5-1-2-6-15(14)19(25)24(18)13-4-3-9-22-11-13/h1-11,18,23H. The molecule has 1 N–H and O–H groups in total. The van der Waals surface area contributed by atoms with Gasteiger partial charge in [-0.05, 0) is 30.3 Å². The molecule has 0 spiro atoms. The summed E-state index contributed by atoms with van der Waals surface area (Å²) in [6, 6.07) is 13.7. The van der Waals surface area contributed by atoms with E-state index in [0.29, 0.717) is 16.8 Å². The Morgan fingerprint density at radius 3 is 2.68 bits per heavy atom. The van der Waals surface area contributed by atoms with Gasteiger partial charge >= 0.3 is 0 Å². The fourth-order valence-corrected chi connectivity index (χ4v) is 2.98. The first kappa shape index (κ1) is 15.3. The van der Waals surface area contributed by atoms with Crippen molar-refractivity contribution in [3.05, 3.63) is 89.8 Å². The van der Waals surface area contributed by atoms with Crippen molar-refractivity contribution in [3.63, 3.8) is 0 Å². The van der Waals surface area contributed by atoms with Crippen LogP contribution in [0, 0.1) is 11.6 Å². The van der Waals surface area contributed by atoms with E-state index in [1.165, 1.54) is 4.90 Å². The van der Waals surface area contributed by atoms with Crippen LogP contribution < -0.4 is 10.2 Å². The minimum atomic E-state index is -0.663. The second-order valence-electron chi connectivity index (χ2n) is 5.64. The Bertz CT molecular complexity index is 946. The molecule has 2 heterocycles. The third-order valence-corrected chi connectivity index (χ3v) is 4.11. The molecule has 0 saturated heterocycles. The highest BCUT2D eigenvalue weighted by atomic mass is 19.1. The maximum Gasteiger partial charge on any atom is 0.260 e. The van der Waals surface area contributed by atoms with Crippen LogP contribution in [-0.4, -0.2) is 10.9 Å². The number of nitrogens with one attached hydrogen (secondary N) is 1. The van der Waals surface area contributed by atoms with Gasteiger partial charge in [-0.1, -0.05) is 18.2 Å². The molecule has 124 valence electrons. The highest BCUT2D eigenvalue weighted by Crippen LogP contribution is 2.38. The minimum Gasteiger partial charge on any atom is -0.359 e. The Kier molecular flexibility index (Phi) is 3.65. The lowest BCUT2D eigenvalue weighted by molar-refractivity contribution is 0.0993. The van der Waals surface area contributed by atoms with E-state index in [4.69, 9.17) is 0 Å². The summed E-state index contributed by atoms with van der Waals surface area (Å²) in [7, 11) is 0. The van der Waals surface area contributed by atoms with Crippen LogP contribution >= 0.6 is 0 Å². The average molecular weight is 337 g/mol. The van der Waals surface area contributed by atoms with E-state index in [2.05, 4.69) is 10.3 Å². The first-order valence-electron chi connectivity index (χ1n) is 7.69. The monoisotopic (exact) mass is 337 g/mol. The van der Waals surface area contributed by atoms with Crippen LogP contribution in [0.1, 0.15) is 22.1 Å². The summed E-state index contributed by atoms with van der Waals surface area (Å²) >= 11 is 0. The summed E-state index contributed by atoms with van der Waals surface area (Å²) in [5, 5.41) is 2.95. The van der Waals surface area contributed by atoms with E-state index in [-0.39, 0.29) is 11.6 Å². The number of carbonyl (C=O) groups excluding carboxylic acids is 1. The lowest BCUT2D eigenvalue weighted by atomic mass is 10.1. The number of hydrogen-bond acceptors (Lipinski definition) is 3. The number of benzene rings is 2. The quantitative estimate of drug-likeness (QED) is 0.781. The third-order valence-electron chi connectivity index (χ3n) is 4.11. The Hall–Kier alpha value is -3.28. The van der Waals surface area contributed by atoms with Gasteiger partial charge in [0.05, 0.1) is 17.6 Å². The lowest BCUT2D eigenvalue weighted by Gasteiger charge is -2.27. The average Bonchev–Trinajstić information content (AvgIpc) is 2.91. The predicted octanol–water partition coefficient (Wildman–Crippen LogP) is 4.13. The van der Waals surface area contributed by atoms with E-state index in [0.717, 1.165) is 18.2 Å². The van der Waals surface area contributed by atoms with Crippen molar-refractivity contribution >= 4 is 17.3 Å². The molecule has 1 amide bonds. The molecule has 4 nitrogen and oxygen atoms in total. The van der Waals surface area contributed by atoms with E-state index in [1.54, 1.807) is 48.8 Å². The van der Waals surface area contributed by atoms with Crippen molar-refractivity contribution in [2.75, 3.05) is 10.2 Å². The molecule has 0 bridgehead atoms. The third kappa shape index (κ3) is 2.61. The Balaban J connectivity index is 1.81. The first-order valence-corrected chi connectivity index (χ1v) is 7.69. The summed E-state index contributed by atoms with van der Waals surface area (Å²) in [5.41, 5.74) is 1.77. The van der Waals surface area contributed by atoms with Crippen molar-refractivity contribution in [2.45, 2.75) is 6.17 Å². The molecule has 1 unspecified atom stereocenters. The molecular weight excluding hydrogens is 324 g/mol. The predicted molar refractivity (Wildman–Crippen MR) is 90.2 cm³/mol. The Morgan fingerprint density at radius 2 is 1.88 bits per heavy atom. The largest absolute Gasteiger partial charge is 0.359 e. The number of anilines is 2. The molecule has 1 aliphatic rings. The lowest BCUT2D eigenvalue weighted by Crippen LogP contribution is -2.32. The molecular formula is C19H13F2N3O. The molecule has 0 fully saturated rings.